The zero-order chi connectivity index (χ0) is 18.4. The third-order valence-corrected chi connectivity index (χ3v) is 4.90. The van der Waals surface area contributed by atoms with Gasteiger partial charge in [-0.25, -0.2) is 9.98 Å². The molecule has 3 N–H and O–H groups in total. The number of nitrogens with one attached hydrogen (secondary N) is 3. The molecular weight excluding hydrogens is 324 g/mol. The Hall–Kier alpha value is -2.37. The molecule has 26 heavy (non-hydrogen) atoms. The van der Waals surface area contributed by atoms with Gasteiger partial charge < -0.3 is 10.6 Å². The Morgan fingerprint density at radius 1 is 1.23 bits per heavy atom. The second kappa shape index (κ2) is 8.83. The number of hydrogen-bond donors (Lipinski definition) is 3. The van der Waals surface area contributed by atoms with E-state index in [0.29, 0.717) is 12.6 Å². The van der Waals surface area contributed by atoms with Crippen LogP contribution in [0.25, 0.3) is 11.4 Å². The van der Waals surface area contributed by atoms with Crippen molar-refractivity contribution in [1.29, 1.82) is 0 Å². The first-order valence-electron chi connectivity index (χ1n) is 9.63. The number of hydrogen-bond acceptors (Lipinski definition) is 3. The Labute approximate surface area is 155 Å². The molecule has 1 aliphatic rings. The number of aliphatic imine (C=N–C) groups is 1. The van der Waals surface area contributed by atoms with E-state index in [-0.39, 0.29) is 0 Å². The molecule has 6 heteroatoms. The normalized spacial score (nSPS) is 23.7. The molecule has 1 aromatic heterocycles. The van der Waals surface area contributed by atoms with Gasteiger partial charge in [0.25, 0.3) is 0 Å². The van der Waals surface area contributed by atoms with Gasteiger partial charge in [0.2, 0.25) is 0 Å². The Kier molecular flexibility index (Phi) is 6.26. The number of nitrogens with zero attached hydrogens (tertiary/aromatic N) is 3. The molecule has 2 atom stereocenters. The lowest BCUT2D eigenvalue weighted by atomic mass is 9.80. The average Bonchev–Trinajstić information content (AvgIpc) is 3.14. The van der Waals surface area contributed by atoms with E-state index in [9.17, 15) is 0 Å². The minimum absolute atomic E-state index is 0.507. The second-order valence-corrected chi connectivity index (χ2v) is 7.49. The van der Waals surface area contributed by atoms with E-state index in [4.69, 9.17) is 4.99 Å². The Morgan fingerprint density at radius 2 is 2.04 bits per heavy atom. The van der Waals surface area contributed by atoms with Crippen LogP contribution in [-0.4, -0.2) is 33.7 Å². The average molecular weight is 355 g/mol. The highest BCUT2D eigenvalue weighted by atomic mass is 15.2. The highest BCUT2D eigenvalue weighted by Crippen LogP contribution is 2.28. The smallest absolute Gasteiger partial charge is 0.191 e. The summed E-state index contributed by atoms with van der Waals surface area (Å²) < 4.78 is 0. The number of aromatic amines is 1. The molecule has 6 nitrogen and oxygen atoms in total. The summed E-state index contributed by atoms with van der Waals surface area (Å²) in [5, 5.41) is 13.8. The van der Waals surface area contributed by atoms with E-state index in [1.807, 2.05) is 12.1 Å². The first kappa shape index (κ1) is 18.4. The second-order valence-electron chi connectivity index (χ2n) is 7.49. The van der Waals surface area contributed by atoms with Crippen LogP contribution >= 0.6 is 0 Å². The van der Waals surface area contributed by atoms with Gasteiger partial charge >= 0.3 is 0 Å². The quantitative estimate of drug-likeness (QED) is 0.568. The van der Waals surface area contributed by atoms with Gasteiger partial charge in [-0.1, -0.05) is 32.0 Å². The summed E-state index contributed by atoms with van der Waals surface area (Å²) in [6.45, 7) is 8.30. The van der Waals surface area contributed by atoms with Crippen molar-refractivity contribution >= 4 is 5.96 Å². The number of guanidine groups is 1. The van der Waals surface area contributed by atoms with Gasteiger partial charge in [-0.15, -0.1) is 0 Å². The molecule has 1 aromatic carbocycles. The van der Waals surface area contributed by atoms with E-state index < -0.39 is 0 Å². The lowest BCUT2D eigenvalue weighted by Crippen LogP contribution is -2.46. The zero-order valence-corrected chi connectivity index (χ0v) is 16.0. The van der Waals surface area contributed by atoms with Gasteiger partial charge in [-0.2, -0.15) is 5.10 Å². The van der Waals surface area contributed by atoms with Crippen molar-refractivity contribution in [3.05, 3.63) is 36.2 Å². The molecule has 0 bridgehead atoms. The third-order valence-electron chi connectivity index (χ3n) is 4.90. The molecule has 3 rings (SSSR count). The first-order valence-corrected chi connectivity index (χ1v) is 9.63. The molecule has 1 heterocycles. The van der Waals surface area contributed by atoms with Crippen LogP contribution in [0, 0.1) is 11.8 Å². The van der Waals surface area contributed by atoms with Crippen LogP contribution in [0.5, 0.6) is 0 Å². The van der Waals surface area contributed by atoms with Gasteiger partial charge in [0.05, 0.1) is 6.54 Å². The lowest BCUT2D eigenvalue weighted by Gasteiger charge is -2.32. The molecule has 0 spiro atoms. The SMILES string of the molecule is CCNC(=NCc1cccc(-c2ncn[nH]2)c1)NC1CC(C)CC(C)C1. The summed E-state index contributed by atoms with van der Waals surface area (Å²) in [4.78, 5) is 9.02. The molecule has 0 aliphatic heterocycles. The van der Waals surface area contributed by atoms with Crippen LogP contribution in [0.1, 0.15) is 45.6 Å². The van der Waals surface area contributed by atoms with E-state index >= 15 is 0 Å². The molecule has 1 fully saturated rings. The molecule has 0 radical (unpaired) electrons. The fourth-order valence-electron chi connectivity index (χ4n) is 3.91. The molecule has 1 saturated carbocycles. The maximum atomic E-state index is 4.80. The van der Waals surface area contributed by atoms with Crippen LogP contribution < -0.4 is 10.6 Å². The Bertz CT molecular complexity index is 699. The first-order chi connectivity index (χ1) is 12.6. The van der Waals surface area contributed by atoms with Crippen molar-refractivity contribution in [2.24, 2.45) is 16.8 Å². The number of H-pyrrole nitrogens is 1. The lowest BCUT2D eigenvalue weighted by molar-refractivity contribution is 0.255. The van der Waals surface area contributed by atoms with Gasteiger partial charge in [0, 0.05) is 18.2 Å². The Balaban J connectivity index is 1.66. The van der Waals surface area contributed by atoms with Gasteiger partial charge in [-0.3, -0.25) is 5.10 Å². The minimum Gasteiger partial charge on any atom is -0.357 e. The van der Waals surface area contributed by atoms with Gasteiger partial charge in [0.1, 0.15) is 6.33 Å². The largest absolute Gasteiger partial charge is 0.357 e. The van der Waals surface area contributed by atoms with Crippen molar-refractivity contribution in [2.45, 2.75) is 52.6 Å². The minimum atomic E-state index is 0.507. The predicted octanol–water partition coefficient (Wildman–Crippen LogP) is 3.35. The molecule has 1 aliphatic carbocycles. The van der Waals surface area contributed by atoms with Crippen LogP contribution in [0.2, 0.25) is 0 Å². The fraction of sp³-hybridized carbons (Fsp3) is 0.550. The monoisotopic (exact) mass is 354 g/mol. The molecule has 2 unspecified atom stereocenters. The molecule has 2 aromatic rings. The van der Waals surface area contributed by atoms with Crippen molar-refractivity contribution in [3.63, 3.8) is 0 Å². The Morgan fingerprint density at radius 3 is 2.73 bits per heavy atom. The van der Waals surface area contributed by atoms with Crippen molar-refractivity contribution < 1.29 is 0 Å². The molecule has 140 valence electrons. The summed E-state index contributed by atoms with van der Waals surface area (Å²) in [5.41, 5.74) is 2.18. The van der Waals surface area contributed by atoms with Crippen molar-refractivity contribution in [2.75, 3.05) is 6.54 Å². The topological polar surface area (TPSA) is 78.0 Å². The summed E-state index contributed by atoms with van der Waals surface area (Å²) in [5.74, 6) is 3.24. The van der Waals surface area contributed by atoms with Crippen LogP contribution in [0.3, 0.4) is 0 Å². The molecule has 0 amide bonds. The van der Waals surface area contributed by atoms with E-state index in [0.717, 1.165) is 41.3 Å². The number of rotatable bonds is 5. The van der Waals surface area contributed by atoms with Gasteiger partial charge in [0.15, 0.2) is 11.8 Å². The summed E-state index contributed by atoms with van der Waals surface area (Å²) in [7, 11) is 0. The van der Waals surface area contributed by atoms with Crippen molar-refractivity contribution in [3.8, 4) is 11.4 Å². The van der Waals surface area contributed by atoms with Gasteiger partial charge in [-0.05, 0) is 49.7 Å². The van der Waals surface area contributed by atoms with Crippen LogP contribution in [0.4, 0.5) is 0 Å². The summed E-state index contributed by atoms with van der Waals surface area (Å²) in [6, 6.07) is 8.78. The maximum absolute atomic E-state index is 4.80. The number of aromatic nitrogens is 3. The van der Waals surface area contributed by atoms with E-state index in [2.05, 4.69) is 58.7 Å². The van der Waals surface area contributed by atoms with Crippen LogP contribution in [0.15, 0.2) is 35.6 Å². The van der Waals surface area contributed by atoms with Crippen LogP contribution in [-0.2, 0) is 6.54 Å². The van der Waals surface area contributed by atoms with E-state index in [1.54, 1.807) is 0 Å². The predicted molar refractivity (Wildman–Crippen MR) is 106 cm³/mol. The fourth-order valence-corrected chi connectivity index (χ4v) is 3.91. The summed E-state index contributed by atoms with van der Waals surface area (Å²) in [6.07, 6.45) is 5.30. The summed E-state index contributed by atoms with van der Waals surface area (Å²) >= 11 is 0. The molecule has 0 saturated heterocycles. The van der Waals surface area contributed by atoms with Crippen molar-refractivity contribution in [1.82, 2.24) is 25.8 Å². The van der Waals surface area contributed by atoms with E-state index in [1.165, 1.54) is 25.6 Å². The zero-order valence-electron chi connectivity index (χ0n) is 16.0. The molecular formula is C20H30N6. The number of benzene rings is 1. The maximum Gasteiger partial charge on any atom is 0.191 e. The standard InChI is InChI=1S/C20H30N6/c1-4-21-20(25-18-9-14(2)8-15(3)10-18)22-12-16-6-5-7-17(11-16)19-23-13-24-26-19/h5-7,11,13-15,18H,4,8-10,12H2,1-3H3,(H2,21,22,25)(H,23,24,26). The third kappa shape index (κ3) is 5.07. The highest BCUT2D eigenvalue weighted by Gasteiger charge is 2.24. The highest BCUT2D eigenvalue weighted by molar-refractivity contribution is 5.80.